The number of ether oxygens (including phenoxy) is 2. The Morgan fingerprint density at radius 1 is 1.07 bits per heavy atom. The molecular formula is C22H23NO3S2. The number of hydrogen-bond acceptors (Lipinski definition) is 5. The van der Waals surface area contributed by atoms with Crippen molar-refractivity contribution >= 4 is 40.3 Å². The molecule has 1 aliphatic heterocycles. The van der Waals surface area contributed by atoms with Gasteiger partial charge in [0.1, 0.15) is 15.8 Å². The predicted octanol–water partition coefficient (Wildman–Crippen LogP) is 4.98. The van der Waals surface area contributed by atoms with Gasteiger partial charge in [-0.2, -0.15) is 0 Å². The lowest BCUT2D eigenvalue weighted by Crippen LogP contribution is -2.22. The van der Waals surface area contributed by atoms with Crippen molar-refractivity contribution in [2.24, 2.45) is 0 Å². The van der Waals surface area contributed by atoms with Crippen molar-refractivity contribution in [2.75, 3.05) is 20.3 Å². The van der Waals surface area contributed by atoms with Crippen LogP contribution in [0.5, 0.6) is 11.5 Å². The van der Waals surface area contributed by atoms with Crippen LogP contribution in [0, 0.1) is 13.8 Å². The number of hydrogen-bond donors (Lipinski definition) is 0. The van der Waals surface area contributed by atoms with Crippen molar-refractivity contribution < 1.29 is 14.3 Å². The van der Waals surface area contributed by atoms with Gasteiger partial charge in [0.15, 0.2) is 0 Å². The number of amides is 1. The highest BCUT2D eigenvalue weighted by atomic mass is 32.2. The summed E-state index contributed by atoms with van der Waals surface area (Å²) in [6.45, 7) is 5.27. The first-order chi connectivity index (χ1) is 13.5. The number of thioether (sulfide) groups is 1. The highest BCUT2D eigenvalue weighted by Gasteiger charge is 2.28. The maximum atomic E-state index is 12.1. The standard InChI is InChI=1S/C22H23NO3S2/c1-15-7-4-8-16(2)20(15)26-12-6-11-25-18-10-5-9-17(13-18)14-19-21(24)23(3)22(27)28-19/h4-5,7-10,13-14H,6,11-12H2,1-3H3/b19-14-. The number of carbonyl (C=O) groups excluding carboxylic acids is 1. The molecule has 28 heavy (non-hydrogen) atoms. The molecule has 0 radical (unpaired) electrons. The maximum Gasteiger partial charge on any atom is 0.265 e. The van der Waals surface area contributed by atoms with Crippen LogP contribution < -0.4 is 9.47 Å². The summed E-state index contributed by atoms with van der Waals surface area (Å²) in [5.41, 5.74) is 3.20. The Labute approximate surface area is 175 Å². The minimum absolute atomic E-state index is 0.0648. The molecule has 1 amide bonds. The Bertz CT molecular complexity index is 903. The van der Waals surface area contributed by atoms with Crippen molar-refractivity contribution in [3.05, 3.63) is 64.1 Å². The highest BCUT2D eigenvalue weighted by molar-refractivity contribution is 8.26. The number of aryl methyl sites for hydroxylation is 2. The molecule has 0 saturated carbocycles. The van der Waals surface area contributed by atoms with Gasteiger partial charge in [0.25, 0.3) is 5.91 Å². The van der Waals surface area contributed by atoms with Crippen LogP contribution in [0.2, 0.25) is 0 Å². The molecule has 0 bridgehead atoms. The van der Waals surface area contributed by atoms with E-state index < -0.39 is 0 Å². The third kappa shape index (κ3) is 4.94. The molecule has 0 unspecified atom stereocenters. The summed E-state index contributed by atoms with van der Waals surface area (Å²) >= 11 is 6.48. The van der Waals surface area contributed by atoms with Crippen LogP contribution in [0.25, 0.3) is 6.08 Å². The van der Waals surface area contributed by atoms with Crippen LogP contribution in [0.3, 0.4) is 0 Å². The van der Waals surface area contributed by atoms with Gasteiger partial charge in [-0.1, -0.05) is 54.3 Å². The van der Waals surface area contributed by atoms with E-state index in [0.29, 0.717) is 22.4 Å². The summed E-state index contributed by atoms with van der Waals surface area (Å²) in [5.74, 6) is 1.66. The molecule has 0 N–H and O–H groups in total. The van der Waals surface area contributed by atoms with Gasteiger partial charge in [-0.3, -0.25) is 9.69 Å². The van der Waals surface area contributed by atoms with E-state index in [1.165, 1.54) is 16.7 Å². The van der Waals surface area contributed by atoms with Crippen LogP contribution in [0.15, 0.2) is 47.4 Å². The number of rotatable bonds is 7. The second-order valence-electron chi connectivity index (χ2n) is 6.58. The van der Waals surface area contributed by atoms with Crippen LogP contribution in [0.4, 0.5) is 0 Å². The Morgan fingerprint density at radius 3 is 2.43 bits per heavy atom. The van der Waals surface area contributed by atoms with Gasteiger partial charge in [-0.15, -0.1) is 0 Å². The van der Waals surface area contributed by atoms with Crippen LogP contribution in [-0.4, -0.2) is 35.4 Å². The average molecular weight is 414 g/mol. The third-order valence-electron chi connectivity index (χ3n) is 4.35. The zero-order chi connectivity index (χ0) is 20.1. The topological polar surface area (TPSA) is 38.8 Å². The zero-order valence-corrected chi connectivity index (χ0v) is 17.9. The molecule has 146 valence electrons. The van der Waals surface area contributed by atoms with Crippen molar-refractivity contribution in [3.63, 3.8) is 0 Å². The number of thiocarbonyl (C=S) groups is 1. The fraction of sp³-hybridized carbons (Fsp3) is 0.273. The predicted molar refractivity (Wildman–Crippen MR) is 119 cm³/mol. The first kappa shape index (κ1) is 20.4. The third-order valence-corrected chi connectivity index (χ3v) is 5.84. The Balaban J connectivity index is 1.51. The molecule has 0 aromatic heterocycles. The molecule has 4 nitrogen and oxygen atoms in total. The van der Waals surface area contributed by atoms with Gasteiger partial charge in [0.05, 0.1) is 18.1 Å². The first-order valence-corrected chi connectivity index (χ1v) is 10.3. The van der Waals surface area contributed by atoms with E-state index in [9.17, 15) is 4.79 Å². The first-order valence-electron chi connectivity index (χ1n) is 9.09. The van der Waals surface area contributed by atoms with Crippen molar-refractivity contribution in [1.29, 1.82) is 0 Å². The largest absolute Gasteiger partial charge is 0.493 e. The van der Waals surface area contributed by atoms with E-state index in [4.69, 9.17) is 21.7 Å². The average Bonchev–Trinajstić information content (AvgIpc) is 2.91. The summed E-state index contributed by atoms with van der Waals surface area (Å²) in [7, 11) is 1.69. The van der Waals surface area contributed by atoms with E-state index in [1.807, 2.05) is 36.4 Å². The van der Waals surface area contributed by atoms with Crippen LogP contribution >= 0.6 is 24.0 Å². The Hall–Kier alpha value is -2.31. The molecule has 6 heteroatoms. The summed E-state index contributed by atoms with van der Waals surface area (Å²) in [6, 6.07) is 13.8. The van der Waals surface area contributed by atoms with Crippen LogP contribution in [0.1, 0.15) is 23.1 Å². The van der Waals surface area contributed by atoms with E-state index in [0.717, 1.165) is 34.6 Å². The minimum Gasteiger partial charge on any atom is -0.493 e. The number of para-hydroxylation sites is 1. The highest BCUT2D eigenvalue weighted by Crippen LogP contribution is 2.31. The van der Waals surface area contributed by atoms with Crippen LogP contribution in [-0.2, 0) is 4.79 Å². The quantitative estimate of drug-likeness (QED) is 0.364. The fourth-order valence-corrected chi connectivity index (χ4v) is 4.02. The van der Waals surface area contributed by atoms with Gasteiger partial charge >= 0.3 is 0 Å². The maximum absolute atomic E-state index is 12.1. The number of likely N-dealkylation sites (N-methyl/N-ethyl adjacent to an activating group) is 1. The molecule has 1 fully saturated rings. The molecule has 1 aliphatic rings. The lowest BCUT2D eigenvalue weighted by Gasteiger charge is -2.12. The second-order valence-corrected chi connectivity index (χ2v) is 8.26. The summed E-state index contributed by atoms with van der Waals surface area (Å²) in [5, 5.41) is 0. The molecule has 3 rings (SSSR count). The van der Waals surface area contributed by atoms with E-state index >= 15 is 0 Å². The van der Waals surface area contributed by atoms with Gasteiger partial charge in [0, 0.05) is 13.5 Å². The second kappa shape index (κ2) is 9.26. The lowest BCUT2D eigenvalue weighted by atomic mass is 10.1. The lowest BCUT2D eigenvalue weighted by molar-refractivity contribution is -0.121. The zero-order valence-electron chi connectivity index (χ0n) is 16.2. The van der Waals surface area contributed by atoms with Crippen molar-refractivity contribution in [1.82, 2.24) is 4.90 Å². The van der Waals surface area contributed by atoms with Crippen molar-refractivity contribution in [2.45, 2.75) is 20.3 Å². The number of nitrogens with zero attached hydrogens (tertiary/aromatic N) is 1. The Kier molecular flexibility index (Phi) is 6.75. The van der Waals surface area contributed by atoms with E-state index in [-0.39, 0.29) is 5.91 Å². The van der Waals surface area contributed by atoms with Gasteiger partial charge < -0.3 is 9.47 Å². The fourth-order valence-electron chi connectivity index (χ4n) is 2.84. The normalized spacial score (nSPS) is 15.4. The SMILES string of the molecule is Cc1cccc(C)c1OCCCOc1cccc(/C=C2\SC(=S)N(C)C2=O)c1. The van der Waals surface area contributed by atoms with Gasteiger partial charge in [-0.05, 0) is 48.7 Å². The Morgan fingerprint density at radius 2 is 1.75 bits per heavy atom. The number of benzene rings is 2. The molecular weight excluding hydrogens is 390 g/mol. The molecule has 0 spiro atoms. The van der Waals surface area contributed by atoms with E-state index in [1.54, 1.807) is 7.05 Å². The van der Waals surface area contributed by atoms with Gasteiger partial charge in [-0.25, -0.2) is 0 Å². The summed E-state index contributed by atoms with van der Waals surface area (Å²) in [4.78, 5) is 14.2. The van der Waals surface area contributed by atoms with E-state index in [2.05, 4.69) is 26.0 Å². The monoisotopic (exact) mass is 413 g/mol. The molecule has 0 atom stereocenters. The molecule has 2 aromatic rings. The molecule has 1 saturated heterocycles. The van der Waals surface area contributed by atoms with Gasteiger partial charge in [0.2, 0.25) is 0 Å². The smallest absolute Gasteiger partial charge is 0.265 e. The van der Waals surface area contributed by atoms with Crippen molar-refractivity contribution in [3.8, 4) is 11.5 Å². The minimum atomic E-state index is -0.0648. The number of carbonyl (C=O) groups is 1. The summed E-state index contributed by atoms with van der Waals surface area (Å²) in [6.07, 6.45) is 2.63. The molecule has 0 aliphatic carbocycles. The summed E-state index contributed by atoms with van der Waals surface area (Å²) < 4.78 is 12.3. The molecule has 2 aromatic carbocycles. The molecule has 1 heterocycles.